The van der Waals surface area contributed by atoms with Crippen molar-refractivity contribution in [3.63, 3.8) is 0 Å². The van der Waals surface area contributed by atoms with Crippen LogP contribution in [0.4, 0.5) is 10.2 Å². The van der Waals surface area contributed by atoms with Crippen LogP contribution in [-0.4, -0.2) is 42.6 Å². The predicted molar refractivity (Wildman–Crippen MR) is 92.6 cm³/mol. The maximum Gasteiger partial charge on any atom is 0.293 e. The Morgan fingerprint density at radius 1 is 1.17 bits per heavy atom. The Morgan fingerprint density at radius 2 is 1.79 bits per heavy atom. The van der Waals surface area contributed by atoms with Crippen molar-refractivity contribution in [2.75, 3.05) is 29.5 Å². The highest BCUT2D eigenvalue weighted by Crippen LogP contribution is 2.15. The van der Waals surface area contributed by atoms with E-state index < -0.39 is 9.84 Å². The van der Waals surface area contributed by atoms with Crippen LogP contribution in [0.5, 0.6) is 0 Å². The second-order valence-corrected chi connectivity index (χ2v) is 8.70. The van der Waals surface area contributed by atoms with Crippen LogP contribution < -0.4 is 10.5 Å². The molecule has 0 saturated carbocycles. The number of halogens is 2. The maximum absolute atomic E-state index is 13.0. The van der Waals surface area contributed by atoms with Crippen LogP contribution in [0.25, 0.3) is 0 Å². The molecule has 0 radical (unpaired) electrons. The Balaban J connectivity index is 1.90. The van der Waals surface area contributed by atoms with Gasteiger partial charge in [0.05, 0.1) is 18.1 Å². The van der Waals surface area contributed by atoms with Gasteiger partial charge in [0.2, 0.25) is 0 Å². The number of hydrogen-bond acceptors (Lipinski definition) is 5. The molecule has 0 bridgehead atoms. The highest BCUT2D eigenvalue weighted by Gasteiger charge is 2.25. The molecule has 9 heteroatoms. The number of nitrogens with zero attached hydrogens (tertiary/aromatic N) is 3. The Kier molecular flexibility index (Phi) is 4.73. The maximum atomic E-state index is 13.0. The molecule has 1 aliphatic rings. The van der Waals surface area contributed by atoms with Crippen LogP contribution in [0, 0.1) is 5.82 Å². The van der Waals surface area contributed by atoms with Gasteiger partial charge < -0.3 is 9.47 Å². The molecule has 0 unspecified atom stereocenters. The second-order valence-electron chi connectivity index (χ2n) is 5.59. The van der Waals surface area contributed by atoms with E-state index in [2.05, 4.69) is 20.9 Å². The third kappa shape index (κ3) is 3.84. The summed E-state index contributed by atoms with van der Waals surface area (Å²) in [6.07, 6.45) is 1.57. The smallest absolute Gasteiger partial charge is 0.293 e. The lowest BCUT2D eigenvalue weighted by molar-refractivity contribution is 0.585. The molecule has 1 fully saturated rings. The highest BCUT2D eigenvalue weighted by atomic mass is 79.9. The fraction of sp³-hybridized carbons (Fsp3) is 0.333. The van der Waals surface area contributed by atoms with Gasteiger partial charge in [-0.3, -0.25) is 4.79 Å². The average molecular weight is 416 g/mol. The van der Waals surface area contributed by atoms with E-state index in [0.29, 0.717) is 4.60 Å². The van der Waals surface area contributed by atoms with Crippen molar-refractivity contribution in [2.24, 2.45) is 0 Å². The minimum Gasteiger partial charge on any atom is -0.350 e. The van der Waals surface area contributed by atoms with Crippen molar-refractivity contribution in [2.45, 2.75) is 6.54 Å². The van der Waals surface area contributed by atoms with E-state index >= 15 is 0 Å². The number of rotatable bonds is 3. The SMILES string of the molecule is O=c1c(N2CCS(=O)(=O)CC2)nc(Br)cn1Cc1ccc(F)cc1. The molecule has 1 aliphatic heterocycles. The first kappa shape index (κ1) is 17.1. The molecule has 1 saturated heterocycles. The van der Waals surface area contributed by atoms with Gasteiger partial charge in [0, 0.05) is 19.3 Å². The molecule has 0 atom stereocenters. The van der Waals surface area contributed by atoms with Gasteiger partial charge in [-0.05, 0) is 33.6 Å². The van der Waals surface area contributed by atoms with Crippen molar-refractivity contribution < 1.29 is 12.8 Å². The van der Waals surface area contributed by atoms with Crippen molar-refractivity contribution in [3.05, 3.63) is 56.8 Å². The quantitative estimate of drug-likeness (QED) is 0.757. The van der Waals surface area contributed by atoms with E-state index in [1.807, 2.05) is 0 Å². The third-order valence-corrected chi connectivity index (χ3v) is 5.83. The molecule has 24 heavy (non-hydrogen) atoms. The molecule has 3 rings (SSSR count). The summed E-state index contributed by atoms with van der Waals surface area (Å²) in [6.45, 7) is 0.772. The van der Waals surface area contributed by atoms with Gasteiger partial charge in [-0.15, -0.1) is 0 Å². The van der Waals surface area contributed by atoms with Crippen LogP contribution >= 0.6 is 15.9 Å². The summed E-state index contributed by atoms with van der Waals surface area (Å²) in [5, 5.41) is 0. The molecule has 0 spiro atoms. The van der Waals surface area contributed by atoms with E-state index in [1.165, 1.54) is 16.7 Å². The van der Waals surface area contributed by atoms with Gasteiger partial charge in [0.15, 0.2) is 15.7 Å². The van der Waals surface area contributed by atoms with E-state index in [1.54, 1.807) is 23.2 Å². The fourth-order valence-electron chi connectivity index (χ4n) is 2.53. The lowest BCUT2D eigenvalue weighted by atomic mass is 10.2. The molecular formula is C15H15BrFN3O3S. The monoisotopic (exact) mass is 415 g/mol. The molecule has 128 valence electrons. The number of aromatic nitrogens is 2. The second kappa shape index (κ2) is 6.64. The highest BCUT2D eigenvalue weighted by molar-refractivity contribution is 9.10. The average Bonchev–Trinajstić information content (AvgIpc) is 2.53. The summed E-state index contributed by atoms with van der Waals surface area (Å²) in [4.78, 5) is 18.6. The molecule has 0 aliphatic carbocycles. The normalized spacial score (nSPS) is 17.0. The van der Waals surface area contributed by atoms with Crippen LogP contribution in [0.15, 0.2) is 39.9 Å². The van der Waals surface area contributed by atoms with Gasteiger partial charge >= 0.3 is 0 Å². The summed E-state index contributed by atoms with van der Waals surface area (Å²) in [7, 11) is -3.03. The summed E-state index contributed by atoms with van der Waals surface area (Å²) in [5.41, 5.74) is 0.477. The van der Waals surface area contributed by atoms with Gasteiger partial charge in [0.1, 0.15) is 10.4 Å². The molecule has 1 aromatic carbocycles. The summed E-state index contributed by atoms with van der Waals surface area (Å²) >= 11 is 3.29. The van der Waals surface area contributed by atoms with Crippen molar-refractivity contribution in [3.8, 4) is 0 Å². The molecule has 2 aromatic rings. The fourth-order valence-corrected chi connectivity index (χ4v) is 4.14. The molecule has 0 amide bonds. The summed E-state index contributed by atoms with van der Waals surface area (Å²) in [5.74, 6) is -0.0874. The molecule has 6 nitrogen and oxygen atoms in total. The number of sulfone groups is 1. The minimum absolute atomic E-state index is 0.0125. The van der Waals surface area contributed by atoms with E-state index in [9.17, 15) is 17.6 Å². The standard InChI is InChI=1S/C15H15BrFN3O3S/c16-13-10-20(9-11-1-3-12(17)4-2-11)15(21)14(18-13)19-5-7-24(22,23)8-6-19/h1-4,10H,5-9H2. The lowest BCUT2D eigenvalue weighted by Gasteiger charge is -2.27. The molecular weight excluding hydrogens is 401 g/mol. The Bertz CT molecular complexity index is 899. The van der Waals surface area contributed by atoms with Crippen LogP contribution in [0.1, 0.15) is 5.56 Å². The predicted octanol–water partition coefficient (Wildman–Crippen LogP) is 1.43. The van der Waals surface area contributed by atoms with Crippen LogP contribution in [0.2, 0.25) is 0 Å². The van der Waals surface area contributed by atoms with Crippen molar-refractivity contribution in [1.82, 2.24) is 9.55 Å². The Morgan fingerprint density at radius 3 is 2.42 bits per heavy atom. The Labute approximate surface area is 147 Å². The summed E-state index contributed by atoms with van der Waals surface area (Å²) in [6, 6.07) is 5.91. The van der Waals surface area contributed by atoms with E-state index in [-0.39, 0.29) is 48.3 Å². The van der Waals surface area contributed by atoms with Crippen LogP contribution in [0.3, 0.4) is 0 Å². The topological polar surface area (TPSA) is 72.3 Å². The zero-order chi connectivity index (χ0) is 17.3. The zero-order valence-electron chi connectivity index (χ0n) is 12.7. The van der Waals surface area contributed by atoms with Crippen molar-refractivity contribution >= 4 is 31.6 Å². The number of benzene rings is 1. The van der Waals surface area contributed by atoms with Crippen LogP contribution in [-0.2, 0) is 16.4 Å². The van der Waals surface area contributed by atoms with Gasteiger partial charge in [-0.25, -0.2) is 17.8 Å². The first-order valence-corrected chi connectivity index (χ1v) is 9.92. The van der Waals surface area contributed by atoms with Gasteiger partial charge in [-0.1, -0.05) is 12.1 Å². The largest absolute Gasteiger partial charge is 0.350 e. The number of anilines is 1. The Hall–Kier alpha value is -1.74. The zero-order valence-corrected chi connectivity index (χ0v) is 15.1. The minimum atomic E-state index is -3.03. The molecule has 2 heterocycles. The summed E-state index contributed by atoms with van der Waals surface area (Å²) < 4.78 is 38.0. The lowest BCUT2D eigenvalue weighted by Crippen LogP contribution is -2.44. The molecule has 0 N–H and O–H groups in total. The third-order valence-electron chi connectivity index (χ3n) is 3.84. The van der Waals surface area contributed by atoms with E-state index in [0.717, 1.165) is 5.56 Å². The van der Waals surface area contributed by atoms with Gasteiger partial charge in [-0.2, -0.15) is 0 Å². The molecule has 1 aromatic heterocycles. The van der Waals surface area contributed by atoms with Gasteiger partial charge in [0.25, 0.3) is 5.56 Å². The number of hydrogen-bond donors (Lipinski definition) is 0. The first-order valence-electron chi connectivity index (χ1n) is 7.31. The van der Waals surface area contributed by atoms with Crippen molar-refractivity contribution in [1.29, 1.82) is 0 Å². The van der Waals surface area contributed by atoms with E-state index in [4.69, 9.17) is 0 Å². The first-order chi connectivity index (χ1) is 11.3.